The van der Waals surface area contributed by atoms with Crippen molar-refractivity contribution in [3.05, 3.63) is 56.6 Å². The highest BCUT2D eigenvalue weighted by Crippen LogP contribution is 2.24. The average molecular weight is 353 g/mol. The normalized spacial score (nSPS) is 9.42. The minimum atomic E-state index is -0.780. The topological polar surface area (TPSA) is 125 Å². The SMILES string of the molecule is C=C(C)C(=O)NCCC[Si]OC.O=[N+]([O-])c1ccccc1[N+](=O)[O-]. The standard InChI is InChI=1S/C8H15NO2Si.C6H4N2O4/c1-7(2)8(10)9-5-4-6-12-11-3;9-7(10)5-3-1-2-4-6(5)8(11)12/h1,4-6H2,2-3H3,(H,9,10);1-4H. The molecule has 2 radical (unpaired) electrons. The Bertz CT molecular complexity index is 561. The Morgan fingerprint density at radius 3 is 2.12 bits per heavy atom. The molecule has 9 nitrogen and oxygen atoms in total. The van der Waals surface area contributed by atoms with Crippen molar-refractivity contribution < 1.29 is 19.1 Å². The second-order valence-electron chi connectivity index (χ2n) is 4.49. The Hall–Kier alpha value is -2.59. The molecule has 0 aromatic heterocycles. The molecule has 0 aliphatic heterocycles. The minimum Gasteiger partial charge on any atom is -0.421 e. The third-order valence-corrected chi connectivity index (χ3v) is 3.39. The molecular formula is C14H19N3O6Si. The van der Waals surface area contributed by atoms with Crippen molar-refractivity contribution >= 4 is 27.0 Å². The Kier molecular flexibility index (Phi) is 10.6. The molecule has 1 aromatic carbocycles. The number of nitrogens with one attached hydrogen (secondary N) is 1. The van der Waals surface area contributed by atoms with Gasteiger partial charge in [-0.1, -0.05) is 18.7 Å². The van der Waals surface area contributed by atoms with Gasteiger partial charge in [-0.15, -0.1) is 0 Å². The Labute approximate surface area is 141 Å². The first kappa shape index (κ1) is 21.4. The zero-order chi connectivity index (χ0) is 18.5. The molecule has 24 heavy (non-hydrogen) atoms. The number of para-hydroxylation sites is 2. The van der Waals surface area contributed by atoms with Gasteiger partial charge in [0.1, 0.15) is 0 Å². The van der Waals surface area contributed by atoms with Crippen LogP contribution in [-0.2, 0) is 9.22 Å². The summed E-state index contributed by atoms with van der Waals surface area (Å²) in [5.41, 5.74) is -0.408. The van der Waals surface area contributed by atoms with Crippen LogP contribution in [0.1, 0.15) is 13.3 Å². The molecule has 0 saturated carbocycles. The highest BCUT2D eigenvalue weighted by Gasteiger charge is 2.21. The molecule has 0 bridgehead atoms. The van der Waals surface area contributed by atoms with Gasteiger partial charge >= 0.3 is 11.4 Å². The number of hydrogen-bond donors (Lipinski definition) is 1. The first-order valence-corrected chi connectivity index (χ1v) is 8.00. The number of nitro groups is 2. The average Bonchev–Trinajstić information content (AvgIpc) is 2.54. The van der Waals surface area contributed by atoms with Gasteiger partial charge in [-0.2, -0.15) is 0 Å². The maximum absolute atomic E-state index is 10.9. The van der Waals surface area contributed by atoms with Crippen LogP contribution in [0.2, 0.25) is 6.04 Å². The third kappa shape index (κ3) is 8.75. The molecule has 0 atom stereocenters. The lowest BCUT2D eigenvalue weighted by Gasteiger charge is -2.02. The number of benzene rings is 1. The third-order valence-electron chi connectivity index (χ3n) is 2.55. The smallest absolute Gasteiger partial charge is 0.346 e. The summed E-state index contributed by atoms with van der Waals surface area (Å²) < 4.78 is 4.89. The van der Waals surface area contributed by atoms with Crippen LogP contribution in [-0.4, -0.2) is 39.2 Å². The molecule has 0 aliphatic carbocycles. The van der Waals surface area contributed by atoms with E-state index in [2.05, 4.69) is 11.9 Å². The van der Waals surface area contributed by atoms with E-state index in [4.69, 9.17) is 4.43 Å². The number of carbonyl (C=O) groups is 1. The molecule has 10 heteroatoms. The van der Waals surface area contributed by atoms with E-state index in [1.54, 1.807) is 14.0 Å². The highest BCUT2D eigenvalue weighted by atomic mass is 28.2. The molecule has 0 saturated heterocycles. The Morgan fingerprint density at radius 2 is 1.75 bits per heavy atom. The maximum Gasteiger partial charge on any atom is 0.346 e. The summed E-state index contributed by atoms with van der Waals surface area (Å²) in [6.45, 7) is 5.95. The number of hydrogen-bond acceptors (Lipinski definition) is 6. The first-order valence-electron chi connectivity index (χ1n) is 6.88. The van der Waals surface area contributed by atoms with Gasteiger partial charge in [0, 0.05) is 31.4 Å². The van der Waals surface area contributed by atoms with E-state index in [1.807, 2.05) is 0 Å². The van der Waals surface area contributed by atoms with Gasteiger partial charge in [-0.25, -0.2) is 0 Å². The predicted molar refractivity (Wildman–Crippen MR) is 89.8 cm³/mol. The Balaban J connectivity index is 0.000000441. The fourth-order valence-electron chi connectivity index (χ4n) is 1.39. The van der Waals surface area contributed by atoms with Gasteiger partial charge < -0.3 is 9.74 Å². The molecule has 1 aromatic rings. The van der Waals surface area contributed by atoms with Crippen molar-refractivity contribution in [1.29, 1.82) is 0 Å². The molecule has 0 unspecified atom stereocenters. The molecule has 0 fully saturated rings. The van der Waals surface area contributed by atoms with Crippen molar-refractivity contribution in [2.75, 3.05) is 13.7 Å². The van der Waals surface area contributed by atoms with E-state index >= 15 is 0 Å². The minimum absolute atomic E-state index is 0.0595. The number of carbonyl (C=O) groups excluding carboxylic acids is 1. The largest absolute Gasteiger partial charge is 0.421 e. The van der Waals surface area contributed by atoms with E-state index in [1.165, 1.54) is 12.1 Å². The van der Waals surface area contributed by atoms with E-state index < -0.39 is 21.2 Å². The van der Waals surface area contributed by atoms with Crippen molar-refractivity contribution in [1.82, 2.24) is 5.32 Å². The van der Waals surface area contributed by atoms with Crippen LogP contribution in [0, 0.1) is 20.2 Å². The van der Waals surface area contributed by atoms with Crippen LogP contribution >= 0.6 is 0 Å². The van der Waals surface area contributed by atoms with E-state index in [-0.39, 0.29) is 5.91 Å². The summed E-state index contributed by atoms with van der Waals surface area (Å²) in [5.74, 6) is -0.0595. The number of amides is 1. The van der Waals surface area contributed by atoms with Gasteiger partial charge in [0.05, 0.1) is 9.85 Å². The molecule has 1 amide bonds. The van der Waals surface area contributed by atoms with E-state index in [0.29, 0.717) is 21.9 Å². The molecule has 0 aliphatic rings. The zero-order valence-corrected chi connectivity index (χ0v) is 14.5. The van der Waals surface area contributed by atoms with Crippen LogP contribution in [0.5, 0.6) is 0 Å². The zero-order valence-electron chi connectivity index (χ0n) is 13.5. The van der Waals surface area contributed by atoms with Gasteiger partial charge in [-0.3, -0.25) is 25.0 Å². The van der Waals surface area contributed by atoms with Gasteiger partial charge in [0.15, 0.2) is 0 Å². The van der Waals surface area contributed by atoms with Crippen LogP contribution in [0.25, 0.3) is 0 Å². The second-order valence-corrected chi connectivity index (χ2v) is 5.69. The molecular weight excluding hydrogens is 334 g/mol. The van der Waals surface area contributed by atoms with E-state index in [0.717, 1.165) is 24.6 Å². The van der Waals surface area contributed by atoms with Crippen LogP contribution in [0.4, 0.5) is 11.4 Å². The van der Waals surface area contributed by atoms with Gasteiger partial charge in [-0.05, 0) is 19.4 Å². The fourth-order valence-corrected chi connectivity index (χ4v) is 1.91. The summed E-state index contributed by atoms with van der Waals surface area (Å²) >= 11 is 0. The van der Waals surface area contributed by atoms with Crippen molar-refractivity contribution in [3.8, 4) is 0 Å². The van der Waals surface area contributed by atoms with Crippen LogP contribution in [0.3, 0.4) is 0 Å². The molecule has 1 rings (SSSR count). The number of rotatable bonds is 8. The summed E-state index contributed by atoms with van der Waals surface area (Å²) in [5, 5.41) is 23.2. The fraction of sp³-hybridized carbons (Fsp3) is 0.357. The lowest BCUT2D eigenvalue weighted by Crippen LogP contribution is -2.24. The monoisotopic (exact) mass is 353 g/mol. The van der Waals surface area contributed by atoms with Crippen LogP contribution < -0.4 is 5.32 Å². The lowest BCUT2D eigenvalue weighted by molar-refractivity contribution is -0.422. The summed E-state index contributed by atoms with van der Waals surface area (Å²) in [6.07, 6.45) is 0.964. The quantitative estimate of drug-likeness (QED) is 0.251. The highest BCUT2D eigenvalue weighted by molar-refractivity contribution is 6.26. The molecule has 130 valence electrons. The van der Waals surface area contributed by atoms with Crippen molar-refractivity contribution in [2.24, 2.45) is 0 Å². The van der Waals surface area contributed by atoms with Crippen LogP contribution in [0.15, 0.2) is 36.4 Å². The lowest BCUT2D eigenvalue weighted by atomic mass is 10.3. The van der Waals surface area contributed by atoms with Crippen molar-refractivity contribution in [3.63, 3.8) is 0 Å². The summed E-state index contributed by atoms with van der Waals surface area (Å²) in [6, 6.07) is 5.96. The number of nitro benzene ring substituents is 2. The Morgan fingerprint density at radius 1 is 1.25 bits per heavy atom. The van der Waals surface area contributed by atoms with E-state index in [9.17, 15) is 25.0 Å². The molecule has 0 spiro atoms. The summed E-state index contributed by atoms with van der Waals surface area (Å²) in [7, 11) is 2.22. The molecule has 0 heterocycles. The van der Waals surface area contributed by atoms with Gasteiger partial charge in [0.2, 0.25) is 15.7 Å². The maximum atomic E-state index is 10.9. The predicted octanol–water partition coefficient (Wildman–Crippen LogP) is 2.26. The summed E-state index contributed by atoms with van der Waals surface area (Å²) in [4.78, 5) is 29.8. The first-order chi connectivity index (χ1) is 11.3. The second kappa shape index (κ2) is 11.9. The van der Waals surface area contributed by atoms with Gasteiger partial charge in [0.25, 0.3) is 0 Å². The molecule has 1 N–H and O–H groups in total. The van der Waals surface area contributed by atoms with Crippen molar-refractivity contribution in [2.45, 2.75) is 19.4 Å². The number of nitrogens with zero attached hydrogens (tertiary/aromatic N) is 2.